The first kappa shape index (κ1) is 21.7. The molecule has 0 unspecified atom stereocenters. The standard InChI is InChI=1S/C24H31N7O2/c32-18-17-27-9-11-28(12-10-27)22-5-6-23(26-25-22)29-13-15-30(16-14-29)24(33)19-31-8-7-20-3-1-2-4-21(20)31/h1-8,32H,9-19H2. The van der Waals surface area contributed by atoms with Gasteiger partial charge in [0.25, 0.3) is 0 Å². The molecule has 2 saturated heterocycles. The predicted molar refractivity (Wildman–Crippen MR) is 129 cm³/mol. The Balaban J connectivity index is 1.13. The van der Waals surface area contributed by atoms with Crippen LogP contribution in [0.3, 0.4) is 0 Å². The van der Waals surface area contributed by atoms with Crippen molar-refractivity contribution in [3.63, 3.8) is 0 Å². The minimum Gasteiger partial charge on any atom is -0.395 e. The normalized spacial score (nSPS) is 17.7. The highest BCUT2D eigenvalue weighted by Crippen LogP contribution is 2.19. The number of aliphatic hydroxyl groups excluding tert-OH is 1. The molecule has 4 heterocycles. The molecular weight excluding hydrogens is 418 g/mol. The van der Waals surface area contributed by atoms with Gasteiger partial charge in [-0.1, -0.05) is 18.2 Å². The summed E-state index contributed by atoms with van der Waals surface area (Å²) in [5.74, 6) is 1.91. The first-order valence-corrected chi connectivity index (χ1v) is 11.7. The molecule has 3 aromatic rings. The van der Waals surface area contributed by atoms with Crippen LogP contribution >= 0.6 is 0 Å². The molecule has 2 aromatic heterocycles. The van der Waals surface area contributed by atoms with E-state index >= 15 is 0 Å². The van der Waals surface area contributed by atoms with Crippen LogP contribution in [-0.4, -0.2) is 101 Å². The van der Waals surface area contributed by atoms with Gasteiger partial charge in [-0.3, -0.25) is 9.69 Å². The SMILES string of the molecule is O=C(Cn1ccc2ccccc21)N1CCN(c2ccc(N3CCN(CCO)CC3)nn2)CC1. The Morgan fingerprint density at radius 1 is 0.818 bits per heavy atom. The summed E-state index contributed by atoms with van der Waals surface area (Å²) < 4.78 is 2.03. The minimum absolute atomic E-state index is 0.151. The number of carbonyl (C=O) groups excluding carboxylic acids is 1. The molecule has 174 valence electrons. The molecule has 33 heavy (non-hydrogen) atoms. The number of fused-ring (bicyclic) bond motifs is 1. The summed E-state index contributed by atoms with van der Waals surface area (Å²) in [6.07, 6.45) is 1.99. The Morgan fingerprint density at radius 3 is 2.09 bits per heavy atom. The second-order valence-electron chi connectivity index (χ2n) is 8.67. The third-order valence-corrected chi connectivity index (χ3v) is 6.69. The number of piperazine rings is 2. The lowest BCUT2D eigenvalue weighted by molar-refractivity contribution is -0.132. The lowest BCUT2D eigenvalue weighted by atomic mass is 10.2. The second kappa shape index (κ2) is 9.76. The summed E-state index contributed by atoms with van der Waals surface area (Å²) in [7, 11) is 0. The van der Waals surface area contributed by atoms with Gasteiger partial charge in [-0.2, -0.15) is 0 Å². The number of nitrogens with zero attached hydrogens (tertiary/aromatic N) is 7. The summed E-state index contributed by atoms with van der Waals surface area (Å²) >= 11 is 0. The lowest BCUT2D eigenvalue weighted by Crippen LogP contribution is -2.50. The molecule has 0 atom stereocenters. The van der Waals surface area contributed by atoms with Gasteiger partial charge in [0, 0.05) is 70.6 Å². The largest absolute Gasteiger partial charge is 0.395 e. The number of carbonyl (C=O) groups is 1. The molecule has 1 N–H and O–H groups in total. The van der Waals surface area contributed by atoms with Crippen molar-refractivity contribution in [2.75, 3.05) is 75.3 Å². The van der Waals surface area contributed by atoms with Crippen LogP contribution in [0, 0.1) is 0 Å². The number of β-amino-alcohol motifs (C(OH)–C–C–N with tert-alkyl or cyclic N) is 1. The number of anilines is 2. The van der Waals surface area contributed by atoms with Crippen LogP contribution in [0.25, 0.3) is 10.9 Å². The number of amides is 1. The number of para-hydroxylation sites is 1. The van der Waals surface area contributed by atoms with Crippen molar-refractivity contribution in [2.24, 2.45) is 0 Å². The van der Waals surface area contributed by atoms with Crippen LogP contribution in [0.4, 0.5) is 11.6 Å². The highest BCUT2D eigenvalue weighted by molar-refractivity contribution is 5.83. The summed E-state index contributed by atoms with van der Waals surface area (Å²) in [5.41, 5.74) is 1.09. The zero-order chi connectivity index (χ0) is 22.6. The van der Waals surface area contributed by atoms with Crippen LogP contribution in [0.2, 0.25) is 0 Å². The van der Waals surface area contributed by atoms with Crippen molar-refractivity contribution in [1.82, 2.24) is 24.6 Å². The van der Waals surface area contributed by atoms with Gasteiger partial charge >= 0.3 is 0 Å². The molecule has 0 spiro atoms. The second-order valence-corrected chi connectivity index (χ2v) is 8.67. The molecule has 0 aliphatic carbocycles. The van der Waals surface area contributed by atoms with E-state index in [9.17, 15) is 4.79 Å². The maximum absolute atomic E-state index is 12.9. The van der Waals surface area contributed by atoms with Gasteiger partial charge in [-0.05, 0) is 29.7 Å². The fourth-order valence-corrected chi connectivity index (χ4v) is 4.71. The van der Waals surface area contributed by atoms with Crippen LogP contribution in [-0.2, 0) is 11.3 Å². The number of aromatic nitrogens is 3. The molecule has 0 saturated carbocycles. The summed E-state index contributed by atoms with van der Waals surface area (Å²) in [4.78, 5) is 21.5. The molecule has 5 rings (SSSR count). The van der Waals surface area contributed by atoms with Crippen molar-refractivity contribution in [3.05, 3.63) is 48.7 Å². The van der Waals surface area contributed by atoms with Crippen molar-refractivity contribution >= 4 is 28.4 Å². The van der Waals surface area contributed by atoms with Crippen LogP contribution in [0.5, 0.6) is 0 Å². The first-order valence-electron chi connectivity index (χ1n) is 11.7. The van der Waals surface area contributed by atoms with E-state index in [1.807, 2.05) is 39.9 Å². The van der Waals surface area contributed by atoms with E-state index in [1.165, 1.54) is 0 Å². The molecule has 9 nitrogen and oxygen atoms in total. The van der Waals surface area contributed by atoms with Crippen LogP contribution < -0.4 is 9.80 Å². The Hall–Kier alpha value is -3.17. The predicted octanol–water partition coefficient (Wildman–Crippen LogP) is 0.894. The highest BCUT2D eigenvalue weighted by atomic mass is 16.3. The van der Waals surface area contributed by atoms with Gasteiger partial charge in [0.15, 0.2) is 11.6 Å². The average molecular weight is 450 g/mol. The average Bonchev–Trinajstić information content (AvgIpc) is 3.28. The summed E-state index contributed by atoms with van der Waals surface area (Å²) in [6.45, 7) is 7.84. The van der Waals surface area contributed by atoms with Gasteiger partial charge in [0.2, 0.25) is 5.91 Å². The van der Waals surface area contributed by atoms with Gasteiger partial charge in [-0.25, -0.2) is 0 Å². The topological polar surface area (TPSA) is 81.0 Å². The monoisotopic (exact) mass is 449 g/mol. The van der Waals surface area contributed by atoms with Crippen molar-refractivity contribution < 1.29 is 9.90 Å². The van der Waals surface area contributed by atoms with Gasteiger partial charge in [0.1, 0.15) is 6.54 Å². The number of hydrogen-bond donors (Lipinski definition) is 1. The fraction of sp³-hybridized carbons (Fsp3) is 0.458. The molecule has 0 bridgehead atoms. The number of hydrogen-bond acceptors (Lipinski definition) is 7. The zero-order valence-corrected chi connectivity index (χ0v) is 18.9. The van der Waals surface area contributed by atoms with Gasteiger partial charge in [-0.15, -0.1) is 10.2 Å². The Morgan fingerprint density at radius 2 is 1.45 bits per heavy atom. The Labute approximate surface area is 193 Å². The zero-order valence-electron chi connectivity index (χ0n) is 18.9. The quantitative estimate of drug-likeness (QED) is 0.599. The lowest BCUT2D eigenvalue weighted by Gasteiger charge is -2.36. The van der Waals surface area contributed by atoms with E-state index < -0.39 is 0 Å². The maximum atomic E-state index is 12.9. The van der Waals surface area contributed by atoms with E-state index in [0.29, 0.717) is 19.6 Å². The molecule has 2 fully saturated rings. The van der Waals surface area contributed by atoms with Crippen molar-refractivity contribution in [1.29, 1.82) is 0 Å². The molecule has 1 amide bonds. The molecular formula is C24H31N7O2. The molecule has 2 aliphatic rings. The summed E-state index contributed by atoms with van der Waals surface area (Å²) in [5, 5.41) is 19.2. The molecule has 0 radical (unpaired) electrons. The molecule has 2 aliphatic heterocycles. The third-order valence-electron chi connectivity index (χ3n) is 6.69. The molecule has 9 heteroatoms. The minimum atomic E-state index is 0.151. The van der Waals surface area contributed by atoms with Crippen LogP contribution in [0.1, 0.15) is 0 Å². The number of rotatable bonds is 6. The van der Waals surface area contributed by atoms with E-state index in [4.69, 9.17) is 5.11 Å². The number of aliphatic hydroxyl groups is 1. The van der Waals surface area contributed by atoms with Crippen molar-refractivity contribution in [2.45, 2.75) is 6.54 Å². The first-order chi connectivity index (χ1) is 16.2. The fourth-order valence-electron chi connectivity index (χ4n) is 4.71. The molecule has 1 aromatic carbocycles. The van der Waals surface area contributed by atoms with Gasteiger partial charge in [0.05, 0.1) is 6.61 Å². The van der Waals surface area contributed by atoms with Crippen molar-refractivity contribution in [3.8, 4) is 0 Å². The maximum Gasteiger partial charge on any atom is 0.242 e. The van der Waals surface area contributed by atoms with Gasteiger partial charge < -0.3 is 24.4 Å². The number of benzene rings is 1. The smallest absolute Gasteiger partial charge is 0.242 e. The Bertz CT molecular complexity index is 1070. The highest BCUT2D eigenvalue weighted by Gasteiger charge is 2.23. The van der Waals surface area contributed by atoms with E-state index in [-0.39, 0.29) is 12.5 Å². The van der Waals surface area contributed by atoms with E-state index in [1.54, 1.807) is 0 Å². The van der Waals surface area contributed by atoms with E-state index in [2.05, 4.69) is 43.1 Å². The van der Waals surface area contributed by atoms with E-state index in [0.717, 1.165) is 68.4 Å². The summed E-state index contributed by atoms with van der Waals surface area (Å²) in [6, 6.07) is 14.3. The van der Waals surface area contributed by atoms with Crippen LogP contribution in [0.15, 0.2) is 48.7 Å². The third kappa shape index (κ3) is 4.79. The Kier molecular flexibility index (Phi) is 6.41.